The highest BCUT2D eigenvalue weighted by molar-refractivity contribution is 14.0. The molecule has 0 unspecified atom stereocenters. The third-order valence-electron chi connectivity index (χ3n) is 5.03. The van der Waals surface area contributed by atoms with Crippen molar-refractivity contribution in [3.8, 4) is 5.88 Å². The summed E-state index contributed by atoms with van der Waals surface area (Å²) in [5.74, 6) is 1.94. The van der Waals surface area contributed by atoms with Gasteiger partial charge < -0.3 is 21.1 Å². The summed E-state index contributed by atoms with van der Waals surface area (Å²) in [6.45, 7) is 6.27. The second-order valence-corrected chi connectivity index (χ2v) is 7.61. The van der Waals surface area contributed by atoms with E-state index in [2.05, 4.69) is 27.4 Å². The van der Waals surface area contributed by atoms with Crippen LogP contribution in [0.1, 0.15) is 38.2 Å². The van der Waals surface area contributed by atoms with Crippen molar-refractivity contribution in [3.63, 3.8) is 0 Å². The van der Waals surface area contributed by atoms with Gasteiger partial charge in [0.25, 0.3) is 0 Å². The van der Waals surface area contributed by atoms with Crippen LogP contribution in [0.5, 0.6) is 5.88 Å². The van der Waals surface area contributed by atoms with E-state index < -0.39 is 0 Å². The molecule has 3 rings (SSSR count). The number of pyridine rings is 1. The first-order valence-electron chi connectivity index (χ1n) is 10.3. The molecule has 0 spiro atoms. The van der Waals surface area contributed by atoms with Crippen molar-refractivity contribution in [2.45, 2.75) is 45.2 Å². The SMILES string of the molecule is CCNC(=NCc1ccnc(OCC2CC2)c1)NC1CCN(CC(N)=O)CC1.I. The number of hydrogen-bond acceptors (Lipinski definition) is 5. The Labute approximate surface area is 190 Å². The molecule has 1 saturated carbocycles. The van der Waals surface area contributed by atoms with Gasteiger partial charge in [0.15, 0.2) is 5.96 Å². The molecule has 162 valence electrons. The molecule has 1 saturated heterocycles. The van der Waals surface area contributed by atoms with E-state index in [-0.39, 0.29) is 29.9 Å². The first-order valence-corrected chi connectivity index (χ1v) is 10.3. The van der Waals surface area contributed by atoms with E-state index >= 15 is 0 Å². The summed E-state index contributed by atoms with van der Waals surface area (Å²) < 4.78 is 5.76. The van der Waals surface area contributed by atoms with Crippen LogP contribution in [-0.4, -0.2) is 60.6 Å². The monoisotopic (exact) mass is 516 g/mol. The van der Waals surface area contributed by atoms with Crippen molar-refractivity contribution in [2.24, 2.45) is 16.6 Å². The molecule has 1 amide bonds. The lowest BCUT2D eigenvalue weighted by molar-refractivity contribution is -0.119. The summed E-state index contributed by atoms with van der Waals surface area (Å²) in [5, 5.41) is 6.82. The van der Waals surface area contributed by atoms with Gasteiger partial charge in [-0.1, -0.05) is 0 Å². The average molecular weight is 516 g/mol. The van der Waals surface area contributed by atoms with Crippen molar-refractivity contribution in [1.29, 1.82) is 0 Å². The molecule has 2 fully saturated rings. The van der Waals surface area contributed by atoms with Crippen molar-refractivity contribution in [2.75, 3.05) is 32.8 Å². The lowest BCUT2D eigenvalue weighted by atomic mass is 10.1. The summed E-state index contributed by atoms with van der Waals surface area (Å²) in [4.78, 5) is 22.2. The van der Waals surface area contributed by atoms with Crippen LogP contribution in [0.3, 0.4) is 0 Å². The Morgan fingerprint density at radius 1 is 1.34 bits per heavy atom. The number of guanidine groups is 1. The summed E-state index contributed by atoms with van der Waals surface area (Å²) in [7, 11) is 0. The minimum absolute atomic E-state index is 0. The number of carbonyl (C=O) groups is 1. The van der Waals surface area contributed by atoms with E-state index in [9.17, 15) is 4.79 Å². The predicted molar refractivity (Wildman–Crippen MR) is 124 cm³/mol. The smallest absolute Gasteiger partial charge is 0.231 e. The Kier molecular flexibility index (Phi) is 9.92. The van der Waals surface area contributed by atoms with Crippen LogP contribution in [0.4, 0.5) is 0 Å². The lowest BCUT2D eigenvalue weighted by Crippen LogP contribution is -2.49. The second-order valence-electron chi connectivity index (χ2n) is 7.61. The van der Waals surface area contributed by atoms with Crippen molar-refractivity contribution in [3.05, 3.63) is 23.9 Å². The van der Waals surface area contributed by atoms with Gasteiger partial charge in [0, 0.05) is 37.9 Å². The Hall–Kier alpha value is -1.62. The number of primary amides is 1. The van der Waals surface area contributed by atoms with Crippen LogP contribution in [0, 0.1) is 5.92 Å². The number of nitrogens with zero attached hydrogens (tertiary/aromatic N) is 3. The van der Waals surface area contributed by atoms with Crippen molar-refractivity contribution >= 4 is 35.8 Å². The number of piperidine rings is 1. The normalized spacial score (nSPS) is 18.0. The molecule has 1 aromatic heterocycles. The molecule has 0 atom stereocenters. The van der Waals surface area contributed by atoms with Gasteiger partial charge in [-0.15, -0.1) is 24.0 Å². The van der Waals surface area contributed by atoms with Gasteiger partial charge in [-0.2, -0.15) is 0 Å². The van der Waals surface area contributed by atoms with Crippen LogP contribution in [0.15, 0.2) is 23.3 Å². The number of ether oxygens (including phenoxy) is 1. The first-order chi connectivity index (χ1) is 13.6. The zero-order valence-corrected chi connectivity index (χ0v) is 19.4. The number of carbonyl (C=O) groups excluding carboxylic acids is 1. The number of likely N-dealkylation sites (tertiary alicyclic amines) is 1. The highest BCUT2D eigenvalue weighted by Gasteiger charge is 2.22. The molecular weight excluding hydrogens is 483 g/mol. The zero-order valence-electron chi connectivity index (χ0n) is 17.1. The fraction of sp³-hybridized carbons (Fsp3) is 0.650. The molecule has 1 aliphatic carbocycles. The lowest BCUT2D eigenvalue weighted by Gasteiger charge is -2.32. The maximum absolute atomic E-state index is 11.1. The highest BCUT2D eigenvalue weighted by atomic mass is 127. The standard InChI is InChI=1S/C20H32N6O2.HI/c1-2-22-20(25-17-6-9-26(10-7-17)13-18(21)27)24-12-16-5-8-23-19(11-16)28-14-15-3-4-15;/h5,8,11,15,17H,2-4,6-7,9-10,12-14H2,1H3,(H2,21,27)(H2,22,24,25);1H. The third-order valence-corrected chi connectivity index (χ3v) is 5.03. The number of nitrogens with one attached hydrogen (secondary N) is 2. The average Bonchev–Trinajstić information content (AvgIpc) is 3.51. The van der Waals surface area contributed by atoms with Crippen molar-refractivity contribution in [1.82, 2.24) is 20.5 Å². The number of nitrogens with two attached hydrogens (primary N) is 1. The molecule has 8 nitrogen and oxygen atoms in total. The molecule has 2 heterocycles. The molecule has 1 aliphatic heterocycles. The van der Waals surface area contributed by atoms with Gasteiger partial charge in [-0.3, -0.25) is 9.69 Å². The Morgan fingerprint density at radius 3 is 2.76 bits per heavy atom. The van der Waals surface area contributed by atoms with Crippen LogP contribution in [0.25, 0.3) is 0 Å². The van der Waals surface area contributed by atoms with Gasteiger partial charge in [0.05, 0.1) is 19.7 Å². The number of aliphatic imine (C=N–C) groups is 1. The Morgan fingerprint density at radius 2 is 2.10 bits per heavy atom. The first kappa shape index (κ1) is 23.7. The van der Waals surface area contributed by atoms with Gasteiger partial charge in [0.2, 0.25) is 11.8 Å². The van der Waals surface area contributed by atoms with Crippen LogP contribution >= 0.6 is 24.0 Å². The molecule has 29 heavy (non-hydrogen) atoms. The maximum Gasteiger partial charge on any atom is 0.231 e. The fourth-order valence-electron chi connectivity index (χ4n) is 3.25. The third kappa shape index (κ3) is 8.73. The number of amides is 1. The Balaban J connectivity index is 0.00000300. The largest absolute Gasteiger partial charge is 0.477 e. The zero-order chi connectivity index (χ0) is 19.8. The number of hydrogen-bond donors (Lipinski definition) is 3. The molecule has 0 aromatic carbocycles. The maximum atomic E-state index is 11.1. The highest BCUT2D eigenvalue weighted by Crippen LogP contribution is 2.29. The van der Waals surface area contributed by atoms with E-state index in [4.69, 9.17) is 15.5 Å². The molecule has 4 N–H and O–H groups in total. The molecule has 9 heteroatoms. The molecule has 0 bridgehead atoms. The van der Waals surface area contributed by atoms with Crippen molar-refractivity contribution < 1.29 is 9.53 Å². The van der Waals surface area contributed by atoms with Crippen LogP contribution < -0.4 is 21.1 Å². The summed E-state index contributed by atoms with van der Waals surface area (Å²) in [6, 6.07) is 4.29. The van der Waals surface area contributed by atoms with Crippen LogP contribution in [0.2, 0.25) is 0 Å². The number of aromatic nitrogens is 1. The summed E-state index contributed by atoms with van der Waals surface area (Å²) >= 11 is 0. The molecule has 0 radical (unpaired) electrons. The predicted octanol–water partition coefficient (Wildman–Crippen LogP) is 1.49. The summed E-state index contributed by atoms with van der Waals surface area (Å²) in [5.41, 5.74) is 6.36. The van der Waals surface area contributed by atoms with E-state index in [0.29, 0.717) is 30.9 Å². The van der Waals surface area contributed by atoms with Gasteiger partial charge in [0.1, 0.15) is 0 Å². The molecular formula is C20H33IN6O2. The minimum atomic E-state index is -0.265. The fourth-order valence-corrected chi connectivity index (χ4v) is 3.25. The van der Waals surface area contributed by atoms with E-state index in [1.807, 2.05) is 12.1 Å². The summed E-state index contributed by atoms with van der Waals surface area (Å²) in [6.07, 6.45) is 6.24. The van der Waals surface area contributed by atoms with Gasteiger partial charge in [-0.25, -0.2) is 9.98 Å². The molecule has 2 aliphatic rings. The number of rotatable bonds is 9. The number of halogens is 1. The van der Waals surface area contributed by atoms with E-state index in [1.54, 1.807) is 6.20 Å². The van der Waals surface area contributed by atoms with Gasteiger partial charge >= 0.3 is 0 Å². The van der Waals surface area contributed by atoms with E-state index in [1.165, 1.54) is 12.8 Å². The molecule has 1 aromatic rings. The second kappa shape index (κ2) is 12.2. The van der Waals surface area contributed by atoms with Gasteiger partial charge in [-0.05, 0) is 50.2 Å². The van der Waals surface area contributed by atoms with Crippen LogP contribution in [-0.2, 0) is 11.3 Å². The minimum Gasteiger partial charge on any atom is -0.477 e. The topological polar surface area (TPSA) is 105 Å². The quantitative estimate of drug-likeness (QED) is 0.261. The Bertz CT molecular complexity index is 675. The van der Waals surface area contributed by atoms with E-state index in [0.717, 1.165) is 50.6 Å².